The van der Waals surface area contributed by atoms with E-state index >= 15 is 0 Å². The van der Waals surface area contributed by atoms with Crippen LogP contribution in [0.25, 0.3) is 10.9 Å². The lowest BCUT2D eigenvalue weighted by Crippen LogP contribution is -2.44. The summed E-state index contributed by atoms with van der Waals surface area (Å²) in [5, 5.41) is 4.97. The van der Waals surface area contributed by atoms with E-state index in [-0.39, 0.29) is 5.54 Å². The summed E-state index contributed by atoms with van der Waals surface area (Å²) < 4.78 is 0. The molecule has 0 amide bonds. The molecule has 0 saturated heterocycles. The molecule has 0 bridgehead atoms. The van der Waals surface area contributed by atoms with Gasteiger partial charge in [-0.2, -0.15) is 0 Å². The van der Waals surface area contributed by atoms with E-state index in [1.807, 2.05) is 0 Å². The molecule has 1 aliphatic rings. The van der Waals surface area contributed by atoms with Crippen LogP contribution in [0.3, 0.4) is 0 Å². The monoisotopic (exact) mass is 214 g/mol. The molecule has 0 atom stereocenters. The van der Waals surface area contributed by atoms with Crippen molar-refractivity contribution in [3.63, 3.8) is 0 Å². The van der Waals surface area contributed by atoms with Crippen molar-refractivity contribution in [2.75, 3.05) is 0 Å². The number of H-pyrrole nitrogens is 1. The van der Waals surface area contributed by atoms with Crippen molar-refractivity contribution >= 4 is 10.9 Å². The first-order valence-corrected chi connectivity index (χ1v) is 5.90. The van der Waals surface area contributed by atoms with Crippen LogP contribution in [-0.4, -0.2) is 10.5 Å². The summed E-state index contributed by atoms with van der Waals surface area (Å²) in [4.78, 5) is 3.57. The predicted octanol–water partition coefficient (Wildman–Crippen LogP) is 2.90. The van der Waals surface area contributed by atoms with Gasteiger partial charge in [0.15, 0.2) is 0 Å². The minimum atomic E-state index is 0.211. The number of nitrogens with one attached hydrogen (secondary N) is 2. The van der Waals surface area contributed by atoms with E-state index in [9.17, 15) is 0 Å². The van der Waals surface area contributed by atoms with Crippen LogP contribution in [0.5, 0.6) is 0 Å². The Labute approximate surface area is 96.1 Å². The van der Waals surface area contributed by atoms with Crippen LogP contribution in [0.2, 0.25) is 0 Å². The molecule has 0 fully saturated rings. The Bertz CT molecular complexity index is 549. The first kappa shape index (κ1) is 9.91. The number of hydrogen-bond donors (Lipinski definition) is 2. The second-order valence-corrected chi connectivity index (χ2v) is 5.55. The first-order valence-electron chi connectivity index (χ1n) is 5.90. The lowest BCUT2D eigenvalue weighted by Gasteiger charge is -2.31. The topological polar surface area (TPSA) is 27.8 Å². The maximum atomic E-state index is 3.59. The maximum Gasteiger partial charge on any atom is 0.0462 e. The van der Waals surface area contributed by atoms with Gasteiger partial charge in [-0.3, -0.25) is 0 Å². The Kier molecular flexibility index (Phi) is 1.93. The van der Waals surface area contributed by atoms with Gasteiger partial charge >= 0.3 is 0 Å². The first-order chi connectivity index (χ1) is 7.55. The summed E-state index contributed by atoms with van der Waals surface area (Å²) >= 11 is 0. The molecule has 2 nitrogen and oxygen atoms in total. The predicted molar refractivity (Wildman–Crippen MR) is 67.7 cm³/mol. The van der Waals surface area contributed by atoms with Crippen molar-refractivity contribution in [2.24, 2.45) is 0 Å². The molecule has 16 heavy (non-hydrogen) atoms. The number of rotatable bonds is 0. The summed E-state index contributed by atoms with van der Waals surface area (Å²) in [6, 6.07) is 6.66. The minimum Gasteiger partial charge on any atom is -0.358 e. The molecular weight excluding hydrogens is 196 g/mol. The van der Waals surface area contributed by atoms with E-state index in [4.69, 9.17) is 0 Å². The summed E-state index contributed by atoms with van der Waals surface area (Å²) in [7, 11) is 0. The second kappa shape index (κ2) is 3.11. The summed E-state index contributed by atoms with van der Waals surface area (Å²) in [5.74, 6) is 0. The minimum absolute atomic E-state index is 0.211. The van der Waals surface area contributed by atoms with Crippen LogP contribution in [0.1, 0.15) is 30.7 Å². The molecule has 0 aliphatic carbocycles. The Morgan fingerprint density at radius 2 is 2.06 bits per heavy atom. The van der Waals surface area contributed by atoms with Gasteiger partial charge in [-0.05, 0) is 38.0 Å². The molecule has 0 unspecified atom stereocenters. The largest absolute Gasteiger partial charge is 0.358 e. The van der Waals surface area contributed by atoms with Crippen molar-refractivity contribution in [1.82, 2.24) is 10.3 Å². The maximum absolute atomic E-state index is 3.59. The SMILES string of the molecule is Cc1ccc2c3c([nH]c2c1)CC(C)(C)NC3. The molecule has 1 aliphatic heterocycles. The number of fused-ring (bicyclic) bond motifs is 3. The Morgan fingerprint density at radius 1 is 1.25 bits per heavy atom. The summed E-state index contributed by atoms with van der Waals surface area (Å²) in [5.41, 5.74) is 5.67. The fourth-order valence-corrected chi connectivity index (χ4v) is 2.61. The second-order valence-electron chi connectivity index (χ2n) is 5.55. The molecule has 2 heteroatoms. The zero-order chi connectivity index (χ0) is 11.3. The number of benzene rings is 1. The third kappa shape index (κ3) is 1.45. The van der Waals surface area contributed by atoms with E-state index in [0.29, 0.717) is 0 Å². The van der Waals surface area contributed by atoms with E-state index in [1.165, 1.54) is 27.7 Å². The van der Waals surface area contributed by atoms with E-state index < -0.39 is 0 Å². The van der Waals surface area contributed by atoms with Crippen molar-refractivity contribution in [1.29, 1.82) is 0 Å². The van der Waals surface area contributed by atoms with Crippen LogP contribution in [0.15, 0.2) is 18.2 Å². The highest BCUT2D eigenvalue weighted by Gasteiger charge is 2.26. The molecule has 1 aromatic heterocycles. The van der Waals surface area contributed by atoms with Crippen molar-refractivity contribution in [3.8, 4) is 0 Å². The van der Waals surface area contributed by atoms with Crippen LogP contribution < -0.4 is 5.32 Å². The molecule has 2 heterocycles. The van der Waals surface area contributed by atoms with Crippen LogP contribution in [0.4, 0.5) is 0 Å². The number of aromatic nitrogens is 1. The quantitative estimate of drug-likeness (QED) is 0.693. The fourth-order valence-electron chi connectivity index (χ4n) is 2.61. The Balaban J connectivity index is 2.20. The van der Waals surface area contributed by atoms with E-state index in [0.717, 1.165) is 13.0 Å². The normalized spacial score (nSPS) is 18.7. The molecule has 1 aromatic carbocycles. The zero-order valence-corrected chi connectivity index (χ0v) is 10.1. The van der Waals surface area contributed by atoms with Crippen molar-refractivity contribution in [3.05, 3.63) is 35.0 Å². The Hall–Kier alpha value is -1.28. The highest BCUT2D eigenvalue weighted by atomic mass is 15.0. The average Bonchev–Trinajstić information content (AvgIpc) is 2.51. The lowest BCUT2D eigenvalue weighted by molar-refractivity contribution is 0.360. The molecular formula is C14H18N2. The third-order valence-electron chi connectivity index (χ3n) is 3.51. The van der Waals surface area contributed by atoms with Gasteiger partial charge in [-0.25, -0.2) is 0 Å². The molecule has 84 valence electrons. The molecule has 2 aromatic rings. The number of aromatic amines is 1. The van der Waals surface area contributed by atoms with Crippen molar-refractivity contribution in [2.45, 2.75) is 39.3 Å². The number of hydrogen-bond acceptors (Lipinski definition) is 1. The van der Waals surface area contributed by atoms with Gasteiger partial charge in [-0.1, -0.05) is 12.1 Å². The fraction of sp³-hybridized carbons (Fsp3) is 0.429. The van der Waals surface area contributed by atoms with Gasteiger partial charge in [0.2, 0.25) is 0 Å². The highest BCUT2D eigenvalue weighted by molar-refractivity contribution is 5.85. The van der Waals surface area contributed by atoms with Gasteiger partial charge in [0.05, 0.1) is 0 Å². The van der Waals surface area contributed by atoms with Gasteiger partial charge in [-0.15, -0.1) is 0 Å². The summed E-state index contributed by atoms with van der Waals surface area (Å²) in [6.07, 6.45) is 1.08. The highest BCUT2D eigenvalue weighted by Crippen LogP contribution is 2.29. The molecule has 3 rings (SSSR count). The van der Waals surface area contributed by atoms with E-state index in [1.54, 1.807) is 0 Å². The third-order valence-corrected chi connectivity index (χ3v) is 3.51. The lowest BCUT2D eigenvalue weighted by atomic mass is 9.91. The molecule has 0 radical (unpaired) electrons. The standard InChI is InChI=1S/C14H18N2/c1-9-4-5-10-11-8-15-14(2,3)7-13(11)16-12(10)6-9/h4-6,15-16H,7-8H2,1-3H3. The van der Waals surface area contributed by atoms with Crippen LogP contribution in [-0.2, 0) is 13.0 Å². The molecule has 0 saturated carbocycles. The number of aryl methyl sites for hydroxylation is 1. The smallest absolute Gasteiger partial charge is 0.0462 e. The van der Waals surface area contributed by atoms with Crippen LogP contribution in [0, 0.1) is 6.92 Å². The van der Waals surface area contributed by atoms with E-state index in [2.05, 4.69) is 49.3 Å². The molecule has 2 N–H and O–H groups in total. The molecule has 0 spiro atoms. The van der Waals surface area contributed by atoms with Gasteiger partial charge in [0.1, 0.15) is 0 Å². The average molecular weight is 214 g/mol. The van der Waals surface area contributed by atoms with Crippen LogP contribution >= 0.6 is 0 Å². The van der Waals surface area contributed by atoms with Gasteiger partial charge < -0.3 is 10.3 Å². The zero-order valence-electron chi connectivity index (χ0n) is 10.1. The Morgan fingerprint density at radius 3 is 2.88 bits per heavy atom. The van der Waals surface area contributed by atoms with Crippen molar-refractivity contribution < 1.29 is 0 Å². The summed E-state index contributed by atoms with van der Waals surface area (Å²) in [6.45, 7) is 7.63. The van der Waals surface area contributed by atoms with Gasteiger partial charge in [0, 0.05) is 35.1 Å². The van der Waals surface area contributed by atoms with Gasteiger partial charge in [0.25, 0.3) is 0 Å².